The Kier molecular flexibility index (Phi) is 3.93. The van der Waals surface area contributed by atoms with Crippen LogP contribution in [0.15, 0.2) is 6.20 Å². The minimum atomic E-state index is 0.115. The van der Waals surface area contributed by atoms with Crippen LogP contribution in [0.25, 0.3) is 0 Å². The van der Waals surface area contributed by atoms with Crippen molar-refractivity contribution < 1.29 is 0 Å². The van der Waals surface area contributed by atoms with Crippen LogP contribution < -0.4 is 5.73 Å². The van der Waals surface area contributed by atoms with E-state index >= 15 is 0 Å². The van der Waals surface area contributed by atoms with E-state index in [-0.39, 0.29) is 6.04 Å². The Bertz CT molecular complexity index is 315. The number of aromatic nitrogens is 3. The van der Waals surface area contributed by atoms with Crippen LogP contribution in [0.1, 0.15) is 57.2 Å². The van der Waals surface area contributed by atoms with Gasteiger partial charge in [0, 0.05) is 12.6 Å². The molecule has 0 aliphatic heterocycles. The highest BCUT2D eigenvalue weighted by atomic mass is 15.4. The molecule has 0 aromatic carbocycles. The van der Waals surface area contributed by atoms with Gasteiger partial charge >= 0.3 is 0 Å². The molecule has 1 aliphatic carbocycles. The summed E-state index contributed by atoms with van der Waals surface area (Å²) in [6.45, 7) is 3.07. The van der Waals surface area contributed by atoms with Crippen LogP contribution in [0.3, 0.4) is 0 Å². The molecule has 0 bridgehead atoms. The van der Waals surface area contributed by atoms with Gasteiger partial charge in [0.05, 0.1) is 11.9 Å². The second-order valence-corrected chi connectivity index (χ2v) is 4.87. The van der Waals surface area contributed by atoms with Crippen molar-refractivity contribution in [3.05, 3.63) is 11.9 Å². The van der Waals surface area contributed by atoms with E-state index in [2.05, 4.69) is 17.2 Å². The monoisotopic (exact) mass is 222 g/mol. The molecule has 1 heterocycles. The zero-order valence-electron chi connectivity index (χ0n) is 10.1. The van der Waals surface area contributed by atoms with Gasteiger partial charge in [-0.3, -0.25) is 0 Å². The molecule has 1 fully saturated rings. The summed E-state index contributed by atoms with van der Waals surface area (Å²) < 4.78 is 1.96. The van der Waals surface area contributed by atoms with Crippen LogP contribution in [-0.2, 0) is 6.54 Å². The van der Waals surface area contributed by atoms with Gasteiger partial charge in [-0.25, -0.2) is 4.68 Å². The molecule has 1 aromatic rings. The van der Waals surface area contributed by atoms with E-state index < -0.39 is 0 Å². The van der Waals surface area contributed by atoms with Crippen molar-refractivity contribution in [2.24, 2.45) is 11.7 Å². The molecule has 4 nitrogen and oxygen atoms in total. The lowest BCUT2D eigenvalue weighted by Crippen LogP contribution is -2.18. The lowest BCUT2D eigenvalue weighted by atomic mass is 9.97. The molecule has 2 rings (SSSR count). The van der Waals surface area contributed by atoms with Crippen LogP contribution in [0.2, 0.25) is 0 Å². The maximum absolute atomic E-state index is 6.25. The Morgan fingerprint density at radius 3 is 2.94 bits per heavy atom. The van der Waals surface area contributed by atoms with E-state index in [0.29, 0.717) is 0 Å². The first-order chi connectivity index (χ1) is 7.81. The maximum Gasteiger partial charge on any atom is 0.0754 e. The summed E-state index contributed by atoms with van der Waals surface area (Å²) in [6, 6.07) is 0.115. The molecule has 90 valence electrons. The standard InChI is InChI=1S/C12H22N4/c1-2-7-16-12(9-14-15-16)11(13)8-10-5-3-4-6-10/h9-11H,2-8,13H2,1H3. The zero-order valence-corrected chi connectivity index (χ0v) is 10.1. The van der Waals surface area contributed by atoms with E-state index in [4.69, 9.17) is 5.73 Å². The molecule has 1 atom stereocenters. The molecular formula is C12H22N4. The molecule has 4 heteroatoms. The van der Waals surface area contributed by atoms with Gasteiger partial charge in [-0.05, 0) is 18.8 Å². The number of nitrogens with zero attached hydrogens (tertiary/aromatic N) is 3. The molecule has 0 radical (unpaired) electrons. The second kappa shape index (κ2) is 5.43. The number of hydrogen-bond acceptors (Lipinski definition) is 3. The van der Waals surface area contributed by atoms with Crippen LogP contribution in [0, 0.1) is 5.92 Å². The topological polar surface area (TPSA) is 56.7 Å². The van der Waals surface area contributed by atoms with E-state index in [0.717, 1.165) is 31.0 Å². The van der Waals surface area contributed by atoms with Gasteiger partial charge in [0.1, 0.15) is 0 Å². The van der Waals surface area contributed by atoms with E-state index in [1.54, 1.807) is 0 Å². The third-order valence-electron chi connectivity index (χ3n) is 3.52. The smallest absolute Gasteiger partial charge is 0.0754 e. The number of hydrogen-bond donors (Lipinski definition) is 1. The molecule has 16 heavy (non-hydrogen) atoms. The summed E-state index contributed by atoms with van der Waals surface area (Å²) in [5.74, 6) is 0.819. The van der Waals surface area contributed by atoms with Gasteiger partial charge in [-0.2, -0.15) is 0 Å². The van der Waals surface area contributed by atoms with Crippen molar-refractivity contribution in [3.8, 4) is 0 Å². The Labute approximate surface area is 97.2 Å². The average Bonchev–Trinajstić information content (AvgIpc) is 2.89. The molecule has 1 aliphatic rings. The highest BCUT2D eigenvalue weighted by Crippen LogP contribution is 2.31. The molecular weight excluding hydrogens is 200 g/mol. The van der Waals surface area contributed by atoms with Gasteiger partial charge in [-0.15, -0.1) is 5.10 Å². The van der Waals surface area contributed by atoms with Crippen LogP contribution in [0.4, 0.5) is 0 Å². The first-order valence-corrected chi connectivity index (χ1v) is 6.45. The molecule has 1 unspecified atom stereocenters. The third kappa shape index (κ3) is 2.61. The van der Waals surface area contributed by atoms with Gasteiger partial charge in [0.15, 0.2) is 0 Å². The van der Waals surface area contributed by atoms with Crippen LogP contribution >= 0.6 is 0 Å². The largest absolute Gasteiger partial charge is 0.323 e. The van der Waals surface area contributed by atoms with Crippen LogP contribution in [-0.4, -0.2) is 15.0 Å². The third-order valence-corrected chi connectivity index (χ3v) is 3.52. The highest BCUT2D eigenvalue weighted by molar-refractivity contribution is 5.01. The first-order valence-electron chi connectivity index (χ1n) is 6.45. The predicted molar refractivity (Wildman–Crippen MR) is 63.8 cm³/mol. The minimum Gasteiger partial charge on any atom is -0.323 e. The Hall–Kier alpha value is -0.900. The number of aryl methyl sites for hydroxylation is 1. The lowest BCUT2D eigenvalue weighted by Gasteiger charge is -2.16. The van der Waals surface area contributed by atoms with Crippen LogP contribution in [0.5, 0.6) is 0 Å². The summed E-state index contributed by atoms with van der Waals surface area (Å²) in [4.78, 5) is 0. The van der Waals surface area contributed by atoms with E-state index in [1.807, 2.05) is 10.9 Å². The molecule has 1 aromatic heterocycles. The fourth-order valence-corrected chi connectivity index (χ4v) is 2.66. The van der Waals surface area contributed by atoms with Crippen molar-refractivity contribution in [2.45, 2.75) is 58.0 Å². The van der Waals surface area contributed by atoms with Crippen molar-refractivity contribution in [3.63, 3.8) is 0 Å². The Morgan fingerprint density at radius 2 is 2.25 bits per heavy atom. The molecule has 1 saturated carbocycles. The molecule has 0 saturated heterocycles. The Morgan fingerprint density at radius 1 is 1.50 bits per heavy atom. The van der Waals surface area contributed by atoms with Gasteiger partial charge in [0.2, 0.25) is 0 Å². The van der Waals surface area contributed by atoms with Crippen molar-refractivity contribution in [1.29, 1.82) is 0 Å². The van der Waals surface area contributed by atoms with Crippen molar-refractivity contribution >= 4 is 0 Å². The maximum atomic E-state index is 6.25. The van der Waals surface area contributed by atoms with Gasteiger partial charge in [0.25, 0.3) is 0 Å². The fraction of sp³-hybridized carbons (Fsp3) is 0.833. The normalized spacial score (nSPS) is 19.1. The average molecular weight is 222 g/mol. The summed E-state index contributed by atoms with van der Waals surface area (Å²) in [5, 5.41) is 8.06. The summed E-state index contributed by atoms with van der Waals surface area (Å²) in [7, 11) is 0. The van der Waals surface area contributed by atoms with Gasteiger partial charge in [-0.1, -0.05) is 37.8 Å². The van der Waals surface area contributed by atoms with Crippen molar-refractivity contribution in [2.75, 3.05) is 0 Å². The minimum absolute atomic E-state index is 0.115. The zero-order chi connectivity index (χ0) is 11.4. The summed E-state index contributed by atoms with van der Waals surface area (Å²) >= 11 is 0. The first kappa shape index (κ1) is 11.6. The number of rotatable bonds is 5. The fourth-order valence-electron chi connectivity index (χ4n) is 2.66. The summed E-state index contributed by atoms with van der Waals surface area (Å²) in [6.07, 6.45) is 9.46. The summed E-state index contributed by atoms with van der Waals surface area (Å²) in [5.41, 5.74) is 7.35. The Balaban J connectivity index is 1.96. The molecule has 2 N–H and O–H groups in total. The lowest BCUT2D eigenvalue weighted by molar-refractivity contribution is 0.426. The van der Waals surface area contributed by atoms with Gasteiger partial charge < -0.3 is 5.73 Å². The quantitative estimate of drug-likeness (QED) is 0.831. The highest BCUT2D eigenvalue weighted by Gasteiger charge is 2.21. The molecule has 0 amide bonds. The predicted octanol–water partition coefficient (Wildman–Crippen LogP) is 2.27. The number of nitrogens with two attached hydrogens (primary N) is 1. The SMILES string of the molecule is CCCn1nncc1C(N)CC1CCCC1. The molecule has 0 spiro atoms. The van der Waals surface area contributed by atoms with Crippen molar-refractivity contribution in [1.82, 2.24) is 15.0 Å². The van der Waals surface area contributed by atoms with E-state index in [1.165, 1.54) is 25.7 Å². The van der Waals surface area contributed by atoms with E-state index in [9.17, 15) is 0 Å². The second-order valence-electron chi connectivity index (χ2n) is 4.87.